The number of rotatable bonds is 8. The van der Waals surface area contributed by atoms with Crippen molar-refractivity contribution in [3.05, 3.63) is 34.9 Å². The van der Waals surface area contributed by atoms with Crippen LogP contribution >= 0.6 is 0 Å². The van der Waals surface area contributed by atoms with E-state index in [1.165, 1.54) is 0 Å². The van der Waals surface area contributed by atoms with Gasteiger partial charge < -0.3 is 15.4 Å². The molecule has 1 aromatic carbocycles. The van der Waals surface area contributed by atoms with Gasteiger partial charge in [-0.2, -0.15) is 0 Å². The number of aryl methyl sites for hydroxylation is 1. The molecule has 0 bridgehead atoms. The SMILES string of the molecule is C#CN(C(=O)C(NC(=O)OC(C)(C)C)C(C)CC)C(C(=O)NC(C)C)c1cccc(C)c1C. The molecule has 1 rings (SSSR count). The Morgan fingerprint density at radius 3 is 2.21 bits per heavy atom. The summed E-state index contributed by atoms with van der Waals surface area (Å²) < 4.78 is 5.35. The summed E-state index contributed by atoms with van der Waals surface area (Å²) in [5.74, 6) is -1.17. The minimum Gasteiger partial charge on any atom is -0.444 e. The molecule has 3 unspecified atom stereocenters. The molecular weight excluding hydrogens is 418 g/mol. The molecule has 182 valence electrons. The van der Waals surface area contributed by atoms with E-state index in [1.54, 1.807) is 26.8 Å². The van der Waals surface area contributed by atoms with E-state index in [4.69, 9.17) is 11.2 Å². The van der Waals surface area contributed by atoms with Crippen LogP contribution in [-0.2, 0) is 14.3 Å². The maximum Gasteiger partial charge on any atom is 0.408 e. The van der Waals surface area contributed by atoms with Crippen molar-refractivity contribution >= 4 is 17.9 Å². The fourth-order valence-electron chi connectivity index (χ4n) is 3.36. The van der Waals surface area contributed by atoms with Crippen molar-refractivity contribution in [2.75, 3.05) is 0 Å². The summed E-state index contributed by atoms with van der Waals surface area (Å²) in [6, 6.07) is 5.82. The lowest BCUT2D eigenvalue weighted by molar-refractivity contribution is -0.139. The summed E-state index contributed by atoms with van der Waals surface area (Å²) in [7, 11) is 0. The Morgan fingerprint density at radius 1 is 1.12 bits per heavy atom. The van der Waals surface area contributed by atoms with Crippen LogP contribution in [0.4, 0.5) is 4.79 Å². The van der Waals surface area contributed by atoms with Gasteiger partial charge in [0.05, 0.1) is 0 Å². The highest BCUT2D eigenvalue weighted by molar-refractivity contribution is 5.93. The smallest absolute Gasteiger partial charge is 0.408 e. The van der Waals surface area contributed by atoms with Gasteiger partial charge in [0.25, 0.3) is 5.91 Å². The van der Waals surface area contributed by atoms with Gasteiger partial charge in [-0.05, 0) is 71.1 Å². The number of hydrogen-bond acceptors (Lipinski definition) is 4. The van der Waals surface area contributed by atoms with Crippen LogP contribution in [0.5, 0.6) is 0 Å². The molecular formula is C26H39N3O4. The second kappa shape index (κ2) is 11.7. The Hall–Kier alpha value is -3.01. The van der Waals surface area contributed by atoms with Crippen LogP contribution in [-0.4, -0.2) is 40.5 Å². The second-order valence-corrected chi connectivity index (χ2v) is 9.70. The van der Waals surface area contributed by atoms with Crippen LogP contribution in [0.1, 0.15) is 77.6 Å². The molecule has 0 aliphatic carbocycles. The highest BCUT2D eigenvalue weighted by Gasteiger charge is 2.38. The molecule has 0 radical (unpaired) electrons. The minimum absolute atomic E-state index is 0.148. The normalized spacial score (nSPS) is 14.0. The number of ether oxygens (including phenoxy) is 1. The lowest BCUT2D eigenvalue weighted by Gasteiger charge is -2.33. The molecule has 33 heavy (non-hydrogen) atoms. The first kappa shape index (κ1) is 28.0. The molecule has 0 aliphatic heterocycles. The molecule has 0 aliphatic rings. The molecule has 7 heteroatoms. The van der Waals surface area contributed by atoms with Gasteiger partial charge in [-0.15, -0.1) is 0 Å². The van der Waals surface area contributed by atoms with Gasteiger partial charge in [0.15, 0.2) is 0 Å². The first-order valence-corrected chi connectivity index (χ1v) is 11.4. The van der Waals surface area contributed by atoms with Crippen molar-refractivity contribution in [2.24, 2.45) is 5.92 Å². The molecule has 0 heterocycles. The maximum absolute atomic E-state index is 13.7. The van der Waals surface area contributed by atoms with E-state index in [9.17, 15) is 14.4 Å². The van der Waals surface area contributed by atoms with E-state index in [0.717, 1.165) is 16.0 Å². The monoisotopic (exact) mass is 457 g/mol. The van der Waals surface area contributed by atoms with Gasteiger partial charge in [0.1, 0.15) is 17.7 Å². The van der Waals surface area contributed by atoms with E-state index in [2.05, 4.69) is 16.7 Å². The summed E-state index contributed by atoms with van der Waals surface area (Å²) in [5.41, 5.74) is 1.76. The van der Waals surface area contributed by atoms with Crippen LogP contribution in [0.2, 0.25) is 0 Å². The first-order chi connectivity index (χ1) is 15.2. The van der Waals surface area contributed by atoms with E-state index >= 15 is 0 Å². The summed E-state index contributed by atoms with van der Waals surface area (Å²) in [4.78, 5) is 40.6. The standard InChI is InChI=1S/C26H39N3O4/c1-11-17(5)21(28-25(32)33-26(8,9)10)24(31)29(12-2)22(23(30)27-16(3)4)20-15-13-14-18(6)19(20)7/h2,13-17,21-22H,11H2,1,3-10H3,(H,27,30)(H,28,32). The van der Waals surface area contributed by atoms with Crippen molar-refractivity contribution < 1.29 is 19.1 Å². The van der Waals surface area contributed by atoms with Gasteiger partial charge in [-0.3, -0.25) is 14.5 Å². The molecule has 0 spiro atoms. The highest BCUT2D eigenvalue weighted by atomic mass is 16.6. The van der Waals surface area contributed by atoms with Crippen LogP contribution < -0.4 is 10.6 Å². The average Bonchev–Trinajstić information content (AvgIpc) is 2.69. The number of carbonyl (C=O) groups is 3. The predicted molar refractivity (Wildman–Crippen MR) is 130 cm³/mol. The molecule has 0 aromatic heterocycles. The Balaban J connectivity index is 3.48. The molecule has 2 N–H and O–H groups in total. The van der Waals surface area contributed by atoms with Crippen molar-refractivity contribution in [1.29, 1.82) is 0 Å². The van der Waals surface area contributed by atoms with Crippen molar-refractivity contribution in [2.45, 2.75) is 92.5 Å². The van der Waals surface area contributed by atoms with Crippen molar-refractivity contribution in [3.63, 3.8) is 0 Å². The molecule has 0 saturated heterocycles. The first-order valence-electron chi connectivity index (χ1n) is 11.4. The number of benzene rings is 1. The van der Waals surface area contributed by atoms with Gasteiger partial charge in [0, 0.05) is 12.1 Å². The van der Waals surface area contributed by atoms with Crippen LogP contribution in [0.25, 0.3) is 0 Å². The predicted octanol–water partition coefficient (Wildman–Crippen LogP) is 4.23. The van der Waals surface area contributed by atoms with Crippen LogP contribution in [0, 0.1) is 32.2 Å². The third-order valence-corrected chi connectivity index (χ3v) is 5.41. The fraction of sp³-hybridized carbons (Fsp3) is 0.577. The number of alkyl carbamates (subject to hydrolysis) is 1. The van der Waals surface area contributed by atoms with E-state index in [-0.39, 0.29) is 17.9 Å². The average molecular weight is 458 g/mol. The molecule has 7 nitrogen and oxygen atoms in total. The third-order valence-electron chi connectivity index (χ3n) is 5.41. The van der Waals surface area contributed by atoms with Crippen molar-refractivity contribution in [1.82, 2.24) is 15.5 Å². The van der Waals surface area contributed by atoms with Gasteiger partial charge >= 0.3 is 6.09 Å². The number of carbonyl (C=O) groups excluding carboxylic acids is 3. The number of hydrogen-bond donors (Lipinski definition) is 2. The Bertz CT molecular complexity index is 896. The molecule has 0 fully saturated rings. The zero-order valence-electron chi connectivity index (χ0n) is 21.4. The summed E-state index contributed by atoms with van der Waals surface area (Å²) in [6.07, 6.45) is 5.71. The Labute approximate surface area is 198 Å². The zero-order valence-corrected chi connectivity index (χ0v) is 21.4. The Morgan fingerprint density at radius 2 is 1.73 bits per heavy atom. The number of terminal acetylenes is 1. The lowest BCUT2D eigenvalue weighted by atomic mass is 9.93. The molecule has 1 aromatic rings. The zero-order chi connectivity index (χ0) is 25.5. The van der Waals surface area contributed by atoms with Crippen molar-refractivity contribution in [3.8, 4) is 12.5 Å². The topological polar surface area (TPSA) is 87.7 Å². The third kappa shape index (κ3) is 7.81. The molecule has 3 atom stereocenters. The van der Waals surface area contributed by atoms with E-state index < -0.39 is 29.7 Å². The highest BCUT2D eigenvalue weighted by Crippen LogP contribution is 2.28. The minimum atomic E-state index is -1.04. The van der Waals surface area contributed by atoms with Gasteiger partial charge in [-0.25, -0.2) is 4.79 Å². The summed E-state index contributed by atoms with van der Waals surface area (Å²) >= 11 is 0. The van der Waals surface area contributed by atoms with E-state index in [1.807, 2.05) is 53.7 Å². The van der Waals surface area contributed by atoms with Crippen LogP contribution in [0.3, 0.4) is 0 Å². The maximum atomic E-state index is 13.7. The fourth-order valence-corrected chi connectivity index (χ4v) is 3.36. The Kier molecular flexibility index (Phi) is 9.97. The quantitative estimate of drug-likeness (QED) is 0.452. The summed E-state index contributed by atoms with van der Waals surface area (Å²) in [6.45, 7) is 16.5. The largest absolute Gasteiger partial charge is 0.444 e. The van der Waals surface area contributed by atoms with Crippen LogP contribution in [0.15, 0.2) is 18.2 Å². The van der Waals surface area contributed by atoms with E-state index in [0.29, 0.717) is 12.0 Å². The second-order valence-electron chi connectivity index (χ2n) is 9.70. The number of amides is 3. The molecule has 3 amide bonds. The number of nitrogens with zero attached hydrogens (tertiary/aromatic N) is 1. The van der Waals surface area contributed by atoms with Gasteiger partial charge in [0.2, 0.25) is 5.91 Å². The summed E-state index contributed by atoms with van der Waals surface area (Å²) in [5, 5.41) is 5.54. The number of nitrogens with one attached hydrogen (secondary N) is 2. The lowest BCUT2D eigenvalue weighted by Crippen LogP contribution is -2.54. The molecule has 0 saturated carbocycles. The van der Waals surface area contributed by atoms with Gasteiger partial charge in [-0.1, -0.05) is 44.9 Å².